The van der Waals surface area contributed by atoms with Gasteiger partial charge in [-0.1, -0.05) is 6.92 Å². The van der Waals surface area contributed by atoms with Crippen molar-refractivity contribution in [3.05, 3.63) is 0 Å². The van der Waals surface area contributed by atoms with Gasteiger partial charge in [-0.15, -0.1) is 0 Å². The van der Waals surface area contributed by atoms with Gasteiger partial charge in [0.15, 0.2) is 0 Å². The molecule has 0 radical (unpaired) electrons. The number of carbonyl (C=O) groups excluding carboxylic acids is 2. The summed E-state index contributed by atoms with van der Waals surface area (Å²) in [4.78, 5) is 33.4. The topological polar surface area (TPSA) is 105 Å². The van der Waals surface area contributed by atoms with Gasteiger partial charge in [0.1, 0.15) is 0 Å². The zero-order chi connectivity index (χ0) is 14.4. The number of carboxylic acids is 1. The molecule has 0 bridgehead atoms. The molecule has 3 N–H and O–H groups in total. The van der Waals surface area contributed by atoms with E-state index in [0.29, 0.717) is 0 Å². The highest BCUT2D eigenvalue weighted by Crippen LogP contribution is 2.22. The van der Waals surface area contributed by atoms with Gasteiger partial charge >= 0.3 is 12.0 Å². The van der Waals surface area contributed by atoms with Crippen molar-refractivity contribution in [1.82, 2.24) is 10.6 Å². The van der Waals surface area contributed by atoms with E-state index in [4.69, 9.17) is 9.84 Å². The second-order valence-electron chi connectivity index (χ2n) is 4.95. The molecule has 1 aliphatic rings. The van der Waals surface area contributed by atoms with Gasteiger partial charge in [0.05, 0.1) is 6.10 Å². The van der Waals surface area contributed by atoms with E-state index in [1.807, 2.05) is 0 Å². The minimum atomic E-state index is -0.954. The Morgan fingerprint density at radius 3 is 2.47 bits per heavy atom. The van der Waals surface area contributed by atoms with Crippen LogP contribution in [0.1, 0.15) is 32.6 Å². The molecule has 0 aromatic rings. The fourth-order valence-electron chi connectivity index (χ4n) is 1.96. The smallest absolute Gasteiger partial charge is 0.321 e. The maximum Gasteiger partial charge on any atom is 0.321 e. The van der Waals surface area contributed by atoms with Gasteiger partial charge in [-0.3, -0.25) is 14.9 Å². The van der Waals surface area contributed by atoms with Crippen molar-refractivity contribution in [2.45, 2.75) is 44.8 Å². The summed E-state index contributed by atoms with van der Waals surface area (Å²) >= 11 is 0. The summed E-state index contributed by atoms with van der Waals surface area (Å²) < 4.78 is 5.07. The Hall–Kier alpha value is -1.63. The Bertz CT molecular complexity index is 352. The molecule has 0 aromatic carbocycles. The Labute approximate surface area is 111 Å². The van der Waals surface area contributed by atoms with E-state index >= 15 is 0 Å². The number of rotatable bonds is 6. The summed E-state index contributed by atoms with van der Waals surface area (Å²) in [5, 5.41) is 13.4. The number of methoxy groups -OCH3 is 1. The van der Waals surface area contributed by atoms with Crippen LogP contribution in [-0.2, 0) is 14.3 Å². The molecule has 7 nitrogen and oxygen atoms in total. The molecule has 3 amide bonds. The number of hydrogen-bond acceptors (Lipinski definition) is 4. The second kappa shape index (κ2) is 7.08. The minimum Gasteiger partial charge on any atom is -0.481 e. The number of aliphatic carboxylic acids is 1. The fraction of sp³-hybridized carbons (Fsp3) is 0.750. The SMILES string of the molecule is COC1CC(NC(=O)NC(=O)CC(C)CC(=O)O)C1. The number of ether oxygens (including phenoxy) is 1. The van der Waals surface area contributed by atoms with Crippen LogP contribution in [0.5, 0.6) is 0 Å². The Balaban J connectivity index is 2.18. The standard InChI is InChI=1S/C12H20N2O5/c1-7(4-11(16)17)3-10(15)14-12(18)13-8-5-9(6-8)19-2/h7-9H,3-6H2,1-2H3,(H,16,17)(H2,13,14,15,18). The molecule has 19 heavy (non-hydrogen) atoms. The molecule has 108 valence electrons. The molecule has 7 heteroatoms. The van der Waals surface area contributed by atoms with Crippen LogP contribution in [0.15, 0.2) is 0 Å². The summed E-state index contributed by atoms with van der Waals surface area (Å²) in [5.74, 6) is -1.72. The minimum absolute atomic E-state index is 0.0189. The van der Waals surface area contributed by atoms with E-state index < -0.39 is 17.9 Å². The summed E-state index contributed by atoms with van der Waals surface area (Å²) in [6, 6.07) is -0.499. The molecule has 1 fully saturated rings. The van der Waals surface area contributed by atoms with E-state index in [9.17, 15) is 14.4 Å². The van der Waals surface area contributed by atoms with E-state index in [-0.39, 0.29) is 30.9 Å². The summed E-state index contributed by atoms with van der Waals surface area (Å²) in [6.07, 6.45) is 1.59. The van der Waals surface area contributed by atoms with Gasteiger partial charge in [-0.25, -0.2) is 4.79 Å². The van der Waals surface area contributed by atoms with E-state index in [1.54, 1.807) is 14.0 Å². The molecule has 0 aliphatic heterocycles. The van der Waals surface area contributed by atoms with Crippen molar-refractivity contribution in [2.75, 3.05) is 7.11 Å². The highest BCUT2D eigenvalue weighted by atomic mass is 16.5. The quantitative estimate of drug-likeness (QED) is 0.652. The van der Waals surface area contributed by atoms with Crippen LogP contribution in [0.2, 0.25) is 0 Å². The third-order valence-corrected chi connectivity index (χ3v) is 3.07. The van der Waals surface area contributed by atoms with Gasteiger partial charge in [-0.05, 0) is 18.8 Å². The molecule has 1 aliphatic carbocycles. The first-order chi connectivity index (χ1) is 8.90. The monoisotopic (exact) mass is 272 g/mol. The Morgan fingerprint density at radius 1 is 1.32 bits per heavy atom. The number of nitrogens with one attached hydrogen (secondary N) is 2. The van der Waals surface area contributed by atoms with Crippen molar-refractivity contribution in [3.8, 4) is 0 Å². The summed E-state index contributed by atoms with van der Waals surface area (Å²) in [6.45, 7) is 1.65. The number of carbonyl (C=O) groups is 3. The number of urea groups is 1. The van der Waals surface area contributed by atoms with Crippen molar-refractivity contribution in [2.24, 2.45) is 5.92 Å². The molecule has 0 spiro atoms. The number of hydrogen-bond donors (Lipinski definition) is 3. The molecular formula is C12H20N2O5. The Kier molecular flexibility index (Phi) is 5.75. The van der Waals surface area contributed by atoms with Crippen LogP contribution in [0.4, 0.5) is 4.79 Å². The van der Waals surface area contributed by atoms with Crippen molar-refractivity contribution in [3.63, 3.8) is 0 Å². The van der Waals surface area contributed by atoms with Crippen LogP contribution in [-0.4, -0.2) is 42.3 Å². The van der Waals surface area contributed by atoms with Crippen LogP contribution in [0.3, 0.4) is 0 Å². The predicted molar refractivity (Wildman–Crippen MR) is 66.5 cm³/mol. The van der Waals surface area contributed by atoms with E-state index in [0.717, 1.165) is 12.8 Å². The number of imide groups is 1. The molecule has 0 heterocycles. The third-order valence-electron chi connectivity index (χ3n) is 3.07. The molecule has 1 atom stereocenters. The zero-order valence-electron chi connectivity index (χ0n) is 11.1. The van der Waals surface area contributed by atoms with Crippen LogP contribution < -0.4 is 10.6 Å². The Morgan fingerprint density at radius 2 is 1.95 bits per heavy atom. The fourth-order valence-corrected chi connectivity index (χ4v) is 1.96. The van der Waals surface area contributed by atoms with Crippen molar-refractivity contribution >= 4 is 17.9 Å². The van der Waals surface area contributed by atoms with Crippen molar-refractivity contribution < 1.29 is 24.2 Å². The lowest BCUT2D eigenvalue weighted by molar-refractivity contribution is -0.138. The average molecular weight is 272 g/mol. The second-order valence-corrected chi connectivity index (χ2v) is 4.95. The maximum atomic E-state index is 11.5. The predicted octanol–water partition coefficient (Wildman–Crippen LogP) is 0.490. The van der Waals surface area contributed by atoms with Crippen molar-refractivity contribution in [1.29, 1.82) is 0 Å². The van der Waals surface area contributed by atoms with Gasteiger partial charge in [0, 0.05) is 26.0 Å². The third kappa shape index (κ3) is 5.69. The lowest BCUT2D eigenvalue weighted by atomic mass is 9.89. The first-order valence-electron chi connectivity index (χ1n) is 6.25. The van der Waals surface area contributed by atoms with Crippen LogP contribution in [0, 0.1) is 5.92 Å². The van der Waals surface area contributed by atoms with Crippen LogP contribution in [0.25, 0.3) is 0 Å². The highest BCUT2D eigenvalue weighted by molar-refractivity contribution is 5.94. The van der Waals surface area contributed by atoms with E-state index in [2.05, 4.69) is 10.6 Å². The summed E-state index contributed by atoms with van der Waals surface area (Å²) in [5.41, 5.74) is 0. The largest absolute Gasteiger partial charge is 0.481 e. The number of carboxylic acid groups (broad SMARTS) is 1. The van der Waals surface area contributed by atoms with E-state index in [1.165, 1.54) is 0 Å². The normalized spacial score (nSPS) is 23.1. The first kappa shape index (κ1) is 15.4. The lowest BCUT2D eigenvalue weighted by Crippen LogP contribution is -2.51. The van der Waals surface area contributed by atoms with Crippen LogP contribution >= 0.6 is 0 Å². The lowest BCUT2D eigenvalue weighted by Gasteiger charge is -2.34. The molecule has 0 saturated heterocycles. The van der Waals surface area contributed by atoms with Gasteiger partial charge in [0.25, 0.3) is 0 Å². The molecule has 1 saturated carbocycles. The van der Waals surface area contributed by atoms with Gasteiger partial charge < -0.3 is 15.2 Å². The average Bonchev–Trinajstić information content (AvgIpc) is 2.20. The highest BCUT2D eigenvalue weighted by Gasteiger charge is 2.30. The maximum absolute atomic E-state index is 11.5. The molecular weight excluding hydrogens is 252 g/mol. The first-order valence-corrected chi connectivity index (χ1v) is 6.25. The molecule has 1 rings (SSSR count). The number of amides is 3. The zero-order valence-corrected chi connectivity index (χ0v) is 11.1. The molecule has 1 unspecified atom stereocenters. The van der Waals surface area contributed by atoms with Gasteiger partial charge in [0.2, 0.25) is 5.91 Å². The molecule has 0 aromatic heterocycles. The van der Waals surface area contributed by atoms with Gasteiger partial charge in [-0.2, -0.15) is 0 Å². The summed E-state index contributed by atoms with van der Waals surface area (Å²) in [7, 11) is 1.62.